The Hall–Kier alpha value is -2.66. The van der Waals surface area contributed by atoms with Crippen LogP contribution in [0.15, 0.2) is 53.4 Å². The molecular formula is C31H47NO12S. The lowest BCUT2D eigenvalue weighted by Gasteiger charge is -2.09. The summed E-state index contributed by atoms with van der Waals surface area (Å²) in [5.74, 6) is 0.592. The van der Waals surface area contributed by atoms with Gasteiger partial charge in [0.05, 0.1) is 104 Å². The van der Waals surface area contributed by atoms with Crippen molar-refractivity contribution in [3.63, 3.8) is 0 Å². The first-order valence-corrected chi connectivity index (χ1v) is 16.3. The molecule has 0 saturated heterocycles. The van der Waals surface area contributed by atoms with Gasteiger partial charge in [0, 0.05) is 12.6 Å². The molecule has 0 unspecified atom stereocenters. The van der Waals surface area contributed by atoms with Crippen LogP contribution in [0, 0.1) is 6.92 Å². The number of nitrogens with one attached hydrogen (secondary N) is 1. The van der Waals surface area contributed by atoms with E-state index in [2.05, 4.69) is 5.32 Å². The third kappa shape index (κ3) is 20.2. The van der Waals surface area contributed by atoms with Gasteiger partial charge in [-0.25, -0.2) is 0 Å². The van der Waals surface area contributed by atoms with E-state index in [9.17, 15) is 13.2 Å². The second kappa shape index (κ2) is 24.6. The zero-order chi connectivity index (χ0) is 32.4. The molecule has 0 atom stereocenters. The quantitative estimate of drug-likeness (QED) is 0.106. The summed E-state index contributed by atoms with van der Waals surface area (Å²) in [5, 5.41) is 2.70. The van der Waals surface area contributed by atoms with Crippen molar-refractivity contribution in [1.29, 1.82) is 0 Å². The lowest BCUT2D eigenvalue weighted by Crippen LogP contribution is -2.15. The molecule has 0 aromatic heterocycles. The van der Waals surface area contributed by atoms with Crippen LogP contribution in [0.2, 0.25) is 0 Å². The van der Waals surface area contributed by atoms with Gasteiger partial charge >= 0.3 is 0 Å². The summed E-state index contributed by atoms with van der Waals surface area (Å²) in [6.07, 6.45) is 0. The topological polar surface area (TPSA) is 146 Å². The number of aryl methyl sites for hydroxylation is 1. The average Bonchev–Trinajstić information content (AvgIpc) is 3.01. The Morgan fingerprint density at radius 2 is 0.933 bits per heavy atom. The number of rotatable bonds is 28. The fraction of sp³-hybridized carbons (Fsp3) is 0.581. The summed E-state index contributed by atoms with van der Waals surface area (Å²) in [7, 11) is -3.78. The van der Waals surface area contributed by atoms with Gasteiger partial charge < -0.3 is 43.2 Å². The normalized spacial score (nSPS) is 11.5. The Bertz CT molecular complexity index is 1130. The van der Waals surface area contributed by atoms with Crippen molar-refractivity contribution in [3.8, 4) is 5.75 Å². The molecule has 2 aromatic rings. The molecule has 0 fully saturated rings. The highest BCUT2D eigenvalue weighted by Crippen LogP contribution is 2.15. The second-order valence-corrected chi connectivity index (χ2v) is 11.0. The molecule has 45 heavy (non-hydrogen) atoms. The largest absolute Gasteiger partial charge is 0.491 e. The average molecular weight is 658 g/mol. The van der Waals surface area contributed by atoms with Crippen molar-refractivity contribution >= 4 is 21.7 Å². The lowest BCUT2D eigenvalue weighted by atomic mass is 10.2. The maximum Gasteiger partial charge on any atom is 0.297 e. The standard InChI is InChI=1S/C31H47NO12S/c1-27-3-9-31(10-4-27)45(34,35)44-26-24-42-22-20-40-18-16-38-14-12-36-11-13-37-15-17-39-19-21-41-23-25-43-30-7-5-29(6-8-30)32-28(2)33/h3-10H,11-26H2,1-2H3,(H,32,33). The van der Waals surface area contributed by atoms with Gasteiger partial charge in [0.15, 0.2) is 0 Å². The van der Waals surface area contributed by atoms with Crippen LogP contribution >= 0.6 is 0 Å². The van der Waals surface area contributed by atoms with Crippen LogP contribution in [0.25, 0.3) is 0 Å². The highest BCUT2D eigenvalue weighted by molar-refractivity contribution is 7.86. The van der Waals surface area contributed by atoms with Crippen LogP contribution in [-0.4, -0.2) is 120 Å². The molecule has 0 aliphatic carbocycles. The van der Waals surface area contributed by atoms with E-state index in [1.807, 2.05) is 6.92 Å². The number of ether oxygens (including phenoxy) is 8. The van der Waals surface area contributed by atoms with E-state index in [0.29, 0.717) is 98.2 Å². The number of carbonyl (C=O) groups excluding carboxylic acids is 1. The molecule has 254 valence electrons. The summed E-state index contributed by atoms with van der Waals surface area (Å²) in [6.45, 7) is 9.54. The summed E-state index contributed by atoms with van der Waals surface area (Å²) in [6, 6.07) is 13.6. The summed E-state index contributed by atoms with van der Waals surface area (Å²) in [4.78, 5) is 11.1. The van der Waals surface area contributed by atoms with E-state index in [4.69, 9.17) is 42.1 Å². The molecular weight excluding hydrogens is 610 g/mol. The Morgan fingerprint density at radius 3 is 1.33 bits per heavy atom. The summed E-state index contributed by atoms with van der Waals surface area (Å²) < 4.78 is 72.7. The lowest BCUT2D eigenvalue weighted by molar-refractivity contribution is -0.114. The van der Waals surface area contributed by atoms with Crippen molar-refractivity contribution < 1.29 is 55.3 Å². The van der Waals surface area contributed by atoms with E-state index in [0.717, 1.165) is 11.3 Å². The number of hydrogen-bond acceptors (Lipinski definition) is 12. The van der Waals surface area contributed by atoms with Crippen LogP contribution < -0.4 is 10.1 Å². The Kier molecular flexibility index (Phi) is 21.0. The van der Waals surface area contributed by atoms with Crippen LogP contribution in [0.4, 0.5) is 5.69 Å². The molecule has 0 heterocycles. The molecule has 0 aliphatic rings. The maximum atomic E-state index is 12.1. The van der Waals surface area contributed by atoms with Gasteiger partial charge in [-0.2, -0.15) is 8.42 Å². The minimum Gasteiger partial charge on any atom is -0.491 e. The second-order valence-electron chi connectivity index (χ2n) is 9.43. The van der Waals surface area contributed by atoms with E-state index in [-0.39, 0.29) is 24.0 Å². The van der Waals surface area contributed by atoms with Crippen LogP contribution in [-0.2, 0) is 52.3 Å². The molecule has 1 N–H and O–H groups in total. The number of hydrogen-bond donors (Lipinski definition) is 1. The van der Waals surface area contributed by atoms with Crippen molar-refractivity contribution in [2.75, 3.05) is 111 Å². The fourth-order valence-corrected chi connectivity index (χ4v) is 4.35. The first-order chi connectivity index (χ1) is 21.9. The molecule has 2 rings (SSSR count). The minimum atomic E-state index is -3.78. The van der Waals surface area contributed by atoms with Gasteiger partial charge in [-0.05, 0) is 43.3 Å². The SMILES string of the molecule is CC(=O)Nc1ccc(OCCOCCOCCOCCOCCOCCOCCOCCOS(=O)(=O)c2ccc(C)cc2)cc1. The first-order valence-electron chi connectivity index (χ1n) is 14.9. The van der Waals surface area contributed by atoms with Crippen molar-refractivity contribution in [2.45, 2.75) is 18.7 Å². The predicted molar refractivity (Wildman–Crippen MR) is 166 cm³/mol. The Morgan fingerprint density at radius 1 is 0.556 bits per heavy atom. The third-order valence-electron chi connectivity index (χ3n) is 5.68. The van der Waals surface area contributed by atoms with Crippen molar-refractivity contribution in [2.24, 2.45) is 0 Å². The smallest absolute Gasteiger partial charge is 0.297 e. The summed E-state index contributed by atoms with van der Waals surface area (Å²) >= 11 is 0. The van der Waals surface area contributed by atoms with Crippen LogP contribution in [0.1, 0.15) is 12.5 Å². The molecule has 2 aromatic carbocycles. The number of amides is 1. The molecule has 14 heteroatoms. The molecule has 0 aliphatic heterocycles. The van der Waals surface area contributed by atoms with Gasteiger partial charge in [0.25, 0.3) is 10.1 Å². The van der Waals surface area contributed by atoms with Crippen LogP contribution in [0.3, 0.4) is 0 Å². The van der Waals surface area contributed by atoms with Gasteiger partial charge in [0.2, 0.25) is 5.91 Å². The minimum absolute atomic E-state index is 0.0625. The van der Waals surface area contributed by atoms with E-state index in [1.165, 1.54) is 19.1 Å². The number of benzene rings is 2. The first kappa shape index (κ1) is 38.5. The Labute approximate surface area is 266 Å². The predicted octanol–water partition coefficient (Wildman–Crippen LogP) is 2.85. The van der Waals surface area contributed by atoms with Crippen molar-refractivity contribution in [3.05, 3.63) is 54.1 Å². The number of carbonyl (C=O) groups is 1. The molecule has 0 radical (unpaired) electrons. The molecule has 0 saturated carbocycles. The molecule has 13 nitrogen and oxygen atoms in total. The zero-order valence-corrected chi connectivity index (χ0v) is 27.1. The van der Waals surface area contributed by atoms with E-state index in [1.54, 1.807) is 36.4 Å². The highest BCUT2D eigenvalue weighted by atomic mass is 32.2. The van der Waals surface area contributed by atoms with E-state index >= 15 is 0 Å². The van der Waals surface area contributed by atoms with Gasteiger partial charge in [-0.1, -0.05) is 17.7 Å². The van der Waals surface area contributed by atoms with Crippen LogP contribution in [0.5, 0.6) is 5.75 Å². The molecule has 1 amide bonds. The Balaban J connectivity index is 1.23. The number of anilines is 1. The molecule has 0 bridgehead atoms. The van der Waals surface area contributed by atoms with E-state index < -0.39 is 10.1 Å². The monoisotopic (exact) mass is 657 g/mol. The highest BCUT2D eigenvalue weighted by Gasteiger charge is 2.14. The van der Waals surface area contributed by atoms with Gasteiger partial charge in [-0.15, -0.1) is 0 Å². The third-order valence-corrected chi connectivity index (χ3v) is 7.01. The molecule has 0 spiro atoms. The maximum absolute atomic E-state index is 12.1. The van der Waals surface area contributed by atoms with Gasteiger partial charge in [0.1, 0.15) is 12.4 Å². The summed E-state index contributed by atoms with van der Waals surface area (Å²) in [5.41, 5.74) is 1.70. The van der Waals surface area contributed by atoms with Gasteiger partial charge in [-0.3, -0.25) is 8.98 Å². The zero-order valence-electron chi connectivity index (χ0n) is 26.2. The van der Waals surface area contributed by atoms with Crippen molar-refractivity contribution in [1.82, 2.24) is 0 Å². The fourth-order valence-electron chi connectivity index (χ4n) is 3.45.